The van der Waals surface area contributed by atoms with Gasteiger partial charge in [0.05, 0.1) is 0 Å². The Kier molecular flexibility index (Phi) is 6.65. The van der Waals surface area contributed by atoms with E-state index in [4.69, 9.17) is 0 Å². The van der Waals surface area contributed by atoms with Crippen LogP contribution in [0.3, 0.4) is 0 Å². The van der Waals surface area contributed by atoms with E-state index >= 15 is 0 Å². The van der Waals surface area contributed by atoms with Crippen LogP contribution in [0.5, 0.6) is 0 Å². The second-order valence-electron chi connectivity index (χ2n) is 5.01. The van der Waals surface area contributed by atoms with Crippen molar-refractivity contribution in [3.63, 3.8) is 0 Å². The van der Waals surface area contributed by atoms with Crippen molar-refractivity contribution >= 4 is 37.6 Å². The average molecular weight is 410 g/mol. The molecule has 0 spiro atoms. The molecule has 0 fully saturated rings. The van der Waals surface area contributed by atoms with Crippen LogP contribution < -0.4 is 0 Å². The molecule has 3 heteroatoms. The summed E-state index contributed by atoms with van der Waals surface area (Å²) in [5, 5.41) is 1.02. The van der Waals surface area contributed by atoms with Gasteiger partial charge in [0.2, 0.25) is 0 Å². The van der Waals surface area contributed by atoms with Gasteiger partial charge in [0.1, 0.15) is 0 Å². The molecule has 2 aromatic rings. The maximum atomic E-state index is 12.1. The Balaban J connectivity index is 1.98. The van der Waals surface area contributed by atoms with Crippen LogP contribution in [-0.2, 0) is 0 Å². The van der Waals surface area contributed by atoms with E-state index in [1.165, 1.54) is 0 Å². The number of benzene rings is 2. The SMILES string of the molecule is O=C(CCCCCBr)c1ccc(-c2ccc(Br)cc2)cc1. The second kappa shape index (κ2) is 8.50. The van der Waals surface area contributed by atoms with Gasteiger partial charge in [0, 0.05) is 21.8 Å². The van der Waals surface area contributed by atoms with Crippen LogP contribution in [0.15, 0.2) is 53.0 Å². The monoisotopic (exact) mass is 408 g/mol. The van der Waals surface area contributed by atoms with Crippen LogP contribution >= 0.6 is 31.9 Å². The van der Waals surface area contributed by atoms with Crippen molar-refractivity contribution in [2.45, 2.75) is 25.7 Å². The normalized spacial score (nSPS) is 10.6. The van der Waals surface area contributed by atoms with Crippen molar-refractivity contribution in [2.24, 2.45) is 0 Å². The molecule has 110 valence electrons. The fourth-order valence-electron chi connectivity index (χ4n) is 2.19. The van der Waals surface area contributed by atoms with Crippen LogP contribution in [-0.4, -0.2) is 11.1 Å². The first-order valence-corrected chi connectivity index (χ1v) is 9.07. The lowest BCUT2D eigenvalue weighted by Gasteiger charge is -2.05. The Bertz CT molecular complexity index is 573. The molecule has 0 bridgehead atoms. The van der Waals surface area contributed by atoms with E-state index in [-0.39, 0.29) is 5.78 Å². The van der Waals surface area contributed by atoms with Gasteiger partial charge >= 0.3 is 0 Å². The zero-order valence-electron chi connectivity index (χ0n) is 11.8. The lowest BCUT2D eigenvalue weighted by molar-refractivity contribution is 0.0979. The number of Topliss-reactive ketones (excluding diaryl/α,β-unsaturated/α-hetero) is 1. The first-order chi connectivity index (χ1) is 10.2. The Labute approximate surface area is 143 Å². The zero-order valence-corrected chi connectivity index (χ0v) is 15.0. The Morgan fingerprint density at radius 1 is 0.810 bits per heavy atom. The highest BCUT2D eigenvalue weighted by molar-refractivity contribution is 9.10. The highest BCUT2D eigenvalue weighted by atomic mass is 79.9. The van der Waals surface area contributed by atoms with Crippen LogP contribution in [0.25, 0.3) is 11.1 Å². The third-order valence-electron chi connectivity index (χ3n) is 3.42. The molecule has 0 aliphatic carbocycles. The number of alkyl halides is 1. The average Bonchev–Trinajstić information content (AvgIpc) is 2.52. The van der Waals surface area contributed by atoms with E-state index in [2.05, 4.69) is 44.0 Å². The summed E-state index contributed by atoms with van der Waals surface area (Å²) < 4.78 is 1.07. The summed E-state index contributed by atoms with van der Waals surface area (Å²) in [5.41, 5.74) is 3.11. The molecular formula is C18H18Br2O. The highest BCUT2D eigenvalue weighted by Gasteiger charge is 2.06. The zero-order chi connectivity index (χ0) is 15.1. The van der Waals surface area contributed by atoms with Crippen molar-refractivity contribution in [2.75, 3.05) is 5.33 Å². The number of carbonyl (C=O) groups excluding carboxylic acids is 1. The first-order valence-electron chi connectivity index (χ1n) is 7.16. The minimum absolute atomic E-state index is 0.243. The Morgan fingerprint density at radius 3 is 1.95 bits per heavy atom. The molecule has 0 aromatic heterocycles. The van der Waals surface area contributed by atoms with E-state index < -0.39 is 0 Å². The fraction of sp³-hybridized carbons (Fsp3) is 0.278. The lowest BCUT2D eigenvalue weighted by Crippen LogP contribution is -1.98. The van der Waals surface area contributed by atoms with E-state index in [0.29, 0.717) is 6.42 Å². The van der Waals surface area contributed by atoms with Crippen molar-refractivity contribution in [1.29, 1.82) is 0 Å². The summed E-state index contributed by atoms with van der Waals surface area (Å²) in [7, 11) is 0. The van der Waals surface area contributed by atoms with Crippen molar-refractivity contribution in [3.05, 3.63) is 58.6 Å². The molecule has 0 N–H and O–H groups in total. The van der Waals surface area contributed by atoms with Crippen molar-refractivity contribution in [3.8, 4) is 11.1 Å². The molecule has 0 amide bonds. The van der Waals surface area contributed by atoms with E-state index in [9.17, 15) is 4.79 Å². The molecule has 0 unspecified atom stereocenters. The van der Waals surface area contributed by atoms with Gasteiger partial charge in [0.15, 0.2) is 5.78 Å². The standard InChI is InChI=1S/C18H18Br2O/c19-13-3-1-2-4-18(21)16-7-5-14(6-8-16)15-9-11-17(20)12-10-15/h5-12H,1-4,13H2. The topological polar surface area (TPSA) is 17.1 Å². The predicted molar refractivity (Wildman–Crippen MR) is 96.2 cm³/mol. The van der Waals surface area contributed by atoms with Gasteiger partial charge in [-0.05, 0) is 36.1 Å². The summed E-state index contributed by atoms with van der Waals surface area (Å²) in [6.45, 7) is 0. The summed E-state index contributed by atoms with van der Waals surface area (Å²) in [6.07, 6.45) is 3.85. The minimum Gasteiger partial charge on any atom is -0.294 e. The van der Waals surface area contributed by atoms with Gasteiger partial charge in [-0.15, -0.1) is 0 Å². The lowest BCUT2D eigenvalue weighted by atomic mass is 10.0. The van der Waals surface area contributed by atoms with Crippen LogP contribution in [0.4, 0.5) is 0 Å². The molecule has 21 heavy (non-hydrogen) atoms. The smallest absolute Gasteiger partial charge is 0.162 e. The third kappa shape index (κ3) is 5.08. The van der Waals surface area contributed by atoms with Gasteiger partial charge in [0.25, 0.3) is 0 Å². The second-order valence-corrected chi connectivity index (χ2v) is 6.72. The molecule has 1 nitrogen and oxygen atoms in total. The number of rotatable bonds is 7. The Morgan fingerprint density at radius 2 is 1.38 bits per heavy atom. The van der Waals surface area contributed by atoms with E-state index in [1.807, 2.05) is 36.4 Å². The largest absolute Gasteiger partial charge is 0.294 e. The molecule has 0 aliphatic rings. The van der Waals surface area contributed by atoms with Gasteiger partial charge in [-0.3, -0.25) is 4.79 Å². The van der Waals surface area contributed by atoms with Gasteiger partial charge in [-0.2, -0.15) is 0 Å². The van der Waals surface area contributed by atoms with Crippen LogP contribution in [0.2, 0.25) is 0 Å². The molecule has 0 saturated heterocycles. The van der Waals surface area contributed by atoms with E-state index in [0.717, 1.165) is 45.8 Å². The number of halogens is 2. The summed E-state index contributed by atoms with van der Waals surface area (Å²) in [4.78, 5) is 12.1. The summed E-state index contributed by atoms with van der Waals surface area (Å²) >= 11 is 6.84. The highest BCUT2D eigenvalue weighted by Crippen LogP contribution is 2.22. The molecule has 0 radical (unpaired) electrons. The molecule has 0 saturated carbocycles. The quantitative estimate of drug-likeness (QED) is 0.300. The molecule has 2 rings (SSSR count). The van der Waals surface area contributed by atoms with Crippen LogP contribution in [0, 0.1) is 0 Å². The van der Waals surface area contributed by atoms with Gasteiger partial charge in [-0.25, -0.2) is 0 Å². The number of hydrogen-bond donors (Lipinski definition) is 0. The molecule has 2 aromatic carbocycles. The number of unbranched alkanes of at least 4 members (excludes halogenated alkanes) is 2. The fourth-order valence-corrected chi connectivity index (χ4v) is 2.85. The maximum absolute atomic E-state index is 12.1. The number of carbonyl (C=O) groups is 1. The molecule has 0 heterocycles. The van der Waals surface area contributed by atoms with Crippen molar-refractivity contribution in [1.82, 2.24) is 0 Å². The van der Waals surface area contributed by atoms with E-state index in [1.54, 1.807) is 0 Å². The molecular weight excluding hydrogens is 392 g/mol. The number of ketones is 1. The van der Waals surface area contributed by atoms with Crippen molar-refractivity contribution < 1.29 is 4.79 Å². The van der Waals surface area contributed by atoms with Crippen LogP contribution in [0.1, 0.15) is 36.0 Å². The maximum Gasteiger partial charge on any atom is 0.162 e. The van der Waals surface area contributed by atoms with Gasteiger partial charge in [-0.1, -0.05) is 74.7 Å². The summed E-state index contributed by atoms with van der Waals surface area (Å²) in [5.74, 6) is 0.243. The predicted octanol–water partition coefficient (Wildman–Crippen LogP) is 6.25. The Hall–Kier alpha value is -0.930. The third-order valence-corrected chi connectivity index (χ3v) is 4.51. The van der Waals surface area contributed by atoms with Gasteiger partial charge < -0.3 is 0 Å². The minimum atomic E-state index is 0.243. The molecule has 0 atom stereocenters. The first kappa shape index (κ1) is 16.4. The summed E-state index contributed by atoms with van der Waals surface area (Å²) in [6, 6.07) is 16.1. The molecule has 0 aliphatic heterocycles. The number of hydrogen-bond acceptors (Lipinski definition) is 1.